The van der Waals surface area contributed by atoms with E-state index >= 15 is 0 Å². The molecule has 26 heavy (non-hydrogen) atoms. The Bertz CT molecular complexity index is 890. The van der Waals surface area contributed by atoms with Crippen molar-refractivity contribution in [2.45, 2.75) is 0 Å². The molecule has 130 valence electrons. The van der Waals surface area contributed by atoms with Gasteiger partial charge in [-0.05, 0) is 47.0 Å². The van der Waals surface area contributed by atoms with E-state index in [1.807, 2.05) is 72.8 Å². The second kappa shape index (κ2) is 8.17. The third-order valence-corrected chi connectivity index (χ3v) is 4.14. The molecule has 0 heterocycles. The highest BCUT2D eigenvalue weighted by Crippen LogP contribution is 2.23. The van der Waals surface area contributed by atoms with Gasteiger partial charge < -0.3 is 9.47 Å². The molecule has 0 aliphatic heterocycles. The highest BCUT2D eigenvalue weighted by molar-refractivity contribution is 6.07. The smallest absolute Gasteiger partial charge is 0.185 e. The van der Waals surface area contributed by atoms with E-state index in [9.17, 15) is 4.79 Å². The zero-order chi connectivity index (χ0) is 18.4. The van der Waals surface area contributed by atoms with Gasteiger partial charge in [-0.3, -0.25) is 4.79 Å². The molecule has 3 aromatic rings. The number of hydrogen-bond donors (Lipinski definition) is 0. The molecule has 0 aliphatic carbocycles. The molecule has 0 aliphatic rings. The predicted octanol–water partition coefficient (Wildman–Crippen LogP) is 5.27. The first-order valence-electron chi connectivity index (χ1n) is 8.30. The Hall–Kier alpha value is -3.33. The van der Waals surface area contributed by atoms with Crippen molar-refractivity contribution in [2.24, 2.45) is 0 Å². The van der Waals surface area contributed by atoms with E-state index in [1.54, 1.807) is 26.4 Å². The van der Waals surface area contributed by atoms with Gasteiger partial charge in [0.2, 0.25) is 0 Å². The molecule has 0 radical (unpaired) electrons. The lowest BCUT2D eigenvalue weighted by Crippen LogP contribution is -1.93. The van der Waals surface area contributed by atoms with Crippen LogP contribution in [0.25, 0.3) is 17.2 Å². The van der Waals surface area contributed by atoms with E-state index in [-0.39, 0.29) is 5.78 Å². The van der Waals surface area contributed by atoms with Gasteiger partial charge in [-0.2, -0.15) is 0 Å². The van der Waals surface area contributed by atoms with Crippen molar-refractivity contribution in [2.75, 3.05) is 14.2 Å². The summed E-state index contributed by atoms with van der Waals surface area (Å²) in [7, 11) is 3.28. The van der Waals surface area contributed by atoms with Gasteiger partial charge in [0.15, 0.2) is 5.78 Å². The molecule has 0 bridgehead atoms. The normalized spacial score (nSPS) is 10.7. The number of ether oxygens (including phenoxy) is 2. The topological polar surface area (TPSA) is 35.5 Å². The monoisotopic (exact) mass is 344 g/mol. The number of rotatable bonds is 6. The zero-order valence-corrected chi connectivity index (χ0v) is 14.8. The van der Waals surface area contributed by atoms with E-state index < -0.39 is 0 Å². The summed E-state index contributed by atoms with van der Waals surface area (Å²) in [5.74, 6) is 1.59. The Kier molecular flexibility index (Phi) is 5.49. The summed E-state index contributed by atoms with van der Waals surface area (Å²) in [5, 5.41) is 0. The van der Waals surface area contributed by atoms with Crippen LogP contribution in [-0.4, -0.2) is 20.0 Å². The summed E-state index contributed by atoms with van der Waals surface area (Å²) >= 11 is 0. The number of allylic oxidation sites excluding steroid dienone is 1. The molecular formula is C23H20O3. The number of hydrogen-bond acceptors (Lipinski definition) is 3. The van der Waals surface area contributed by atoms with Gasteiger partial charge in [0, 0.05) is 5.56 Å². The Balaban J connectivity index is 1.70. The fourth-order valence-corrected chi connectivity index (χ4v) is 2.59. The Morgan fingerprint density at radius 2 is 1.15 bits per heavy atom. The van der Waals surface area contributed by atoms with Crippen molar-refractivity contribution >= 4 is 11.9 Å². The average molecular weight is 344 g/mol. The quantitative estimate of drug-likeness (QED) is 0.451. The summed E-state index contributed by atoms with van der Waals surface area (Å²) in [6.07, 6.45) is 3.39. The van der Waals surface area contributed by atoms with Crippen molar-refractivity contribution in [3.05, 3.63) is 90.0 Å². The predicted molar refractivity (Wildman–Crippen MR) is 105 cm³/mol. The average Bonchev–Trinajstić information content (AvgIpc) is 2.72. The molecule has 0 saturated heterocycles. The summed E-state index contributed by atoms with van der Waals surface area (Å²) < 4.78 is 10.3. The van der Waals surface area contributed by atoms with Crippen LogP contribution in [0.3, 0.4) is 0 Å². The lowest BCUT2D eigenvalue weighted by Gasteiger charge is -2.04. The van der Waals surface area contributed by atoms with Gasteiger partial charge in [0.1, 0.15) is 11.5 Å². The minimum absolute atomic E-state index is 0.0258. The molecule has 3 rings (SSSR count). The Morgan fingerprint density at radius 3 is 1.65 bits per heavy atom. The minimum atomic E-state index is -0.0258. The third kappa shape index (κ3) is 4.19. The molecule has 3 heteroatoms. The number of carbonyl (C=O) groups excluding carboxylic acids is 1. The fourth-order valence-electron chi connectivity index (χ4n) is 2.59. The van der Waals surface area contributed by atoms with Crippen LogP contribution < -0.4 is 9.47 Å². The van der Waals surface area contributed by atoms with Gasteiger partial charge in [0.25, 0.3) is 0 Å². The molecule has 3 nitrogen and oxygen atoms in total. The number of ketones is 1. The van der Waals surface area contributed by atoms with E-state index in [0.29, 0.717) is 5.56 Å². The first-order chi connectivity index (χ1) is 12.7. The summed E-state index contributed by atoms with van der Waals surface area (Å²) in [6, 6.07) is 23.0. The van der Waals surface area contributed by atoms with Gasteiger partial charge in [-0.1, -0.05) is 54.6 Å². The SMILES string of the molecule is COc1ccc(/C=C/C(=O)c2ccc(-c3ccc(OC)cc3)cc2)cc1. The molecule has 0 atom stereocenters. The van der Waals surface area contributed by atoms with Gasteiger partial charge >= 0.3 is 0 Å². The zero-order valence-electron chi connectivity index (χ0n) is 14.8. The number of methoxy groups -OCH3 is 2. The maximum absolute atomic E-state index is 12.3. The van der Waals surface area contributed by atoms with Crippen molar-refractivity contribution in [1.29, 1.82) is 0 Å². The highest BCUT2D eigenvalue weighted by atomic mass is 16.5. The van der Waals surface area contributed by atoms with Crippen LogP contribution >= 0.6 is 0 Å². The highest BCUT2D eigenvalue weighted by Gasteiger charge is 2.03. The Morgan fingerprint density at radius 1 is 0.692 bits per heavy atom. The second-order valence-corrected chi connectivity index (χ2v) is 5.78. The molecule has 0 saturated carbocycles. The first kappa shape index (κ1) is 17.5. The van der Waals surface area contributed by atoms with Crippen LogP contribution in [-0.2, 0) is 0 Å². The molecule has 3 aromatic carbocycles. The molecular weight excluding hydrogens is 324 g/mol. The van der Waals surface area contributed by atoms with Gasteiger partial charge in [0.05, 0.1) is 14.2 Å². The standard InChI is InChI=1S/C23H20O3/c1-25-21-12-3-17(4-13-21)5-16-23(24)20-8-6-18(7-9-20)19-10-14-22(26-2)15-11-19/h3-16H,1-2H3/b16-5+. The second-order valence-electron chi connectivity index (χ2n) is 5.78. The third-order valence-electron chi connectivity index (χ3n) is 4.14. The van der Waals surface area contributed by atoms with Crippen molar-refractivity contribution in [3.8, 4) is 22.6 Å². The van der Waals surface area contributed by atoms with Gasteiger partial charge in [-0.15, -0.1) is 0 Å². The first-order valence-corrected chi connectivity index (χ1v) is 8.30. The number of carbonyl (C=O) groups is 1. The molecule has 0 spiro atoms. The van der Waals surface area contributed by atoms with E-state index in [0.717, 1.165) is 28.2 Å². The van der Waals surface area contributed by atoms with Crippen LogP contribution in [0, 0.1) is 0 Å². The van der Waals surface area contributed by atoms with E-state index in [4.69, 9.17) is 9.47 Å². The van der Waals surface area contributed by atoms with E-state index in [1.165, 1.54) is 0 Å². The molecule has 0 fully saturated rings. The van der Waals surface area contributed by atoms with Crippen molar-refractivity contribution < 1.29 is 14.3 Å². The van der Waals surface area contributed by atoms with Crippen molar-refractivity contribution in [1.82, 2.24) is 0 Å². The maximum atomic E-state index is 12.3. The minimum Gasteiger partial charge on any atom is -0.497 e. The van der Waals surface area contributed by atoms with Crippen LogP contribution in [0.5, 0.6) is 11.5 Å². The Labute approximate surface area is 153 Å². The van der Waals surface area contributed by atoms with Crippen LogP contribution in [0.15, 0.2) is 78.9 Å². The fraction of sp³-hybridized carbons (Fsp3) is 0.0870. The van der Waals surface area contributed by atoms with E-state index in [2.05, 4.69) is 0 Å². The molecule has 0 amide bonds. The molecule has 0 aromatic heterocycles. The molecule has 0 N–H and O–H groups in total. The van der Waals surface area contributed by atoms with Crippen LogP contribution in [0.1, 0.15) is 15.9 Å². The van der Waals surface area contributed by atoms with Crippen molar-refractivity contribution in [3.63, 3.8) is 0 Å². The number of benzene rings is 3. The maximum Gasteiger partial charge on any atom is 0.185 e. The van der Waals surface area contributed by atoms with Crippen LogP contribution in [0.4, 0.5) is 0 Å². The largest absolute Gasteiger partial charge is 0.497 e. The van der Waals surface area contributed by atoms with Crippen LogP contribution in [0.2, 0.25) is 0 Å². The lowest BCUT2D eigenvalue weighted by molar-refractivity contribution is 0.104. The summed E-state index contributed by atoms with van der Waals surface area (Å²) in [4.78, 5) is 12.3. The lowest BCUT2D eigenvalue weighted by atomic mass is 10.0. The van der Waals surface area contributed by atoms with Gasteiger partial charge in [-0.25, -0.2) is 0 Å². The summed E-state index contributed by atoms with van der Waals surface area (Å²) in [5.41, 5.74) is 3.75. The summed E-state index contributed by atoms with van der Waals surface area (Å²) in [6.45, 7) is 0. The molecule has 0 unspecified atom stereocenters.